The van der Waals surface area contributed by atoms with Crippen molar-refractivity contribution in [3.05, 3.63) is 48.0 Å². The van der Waals surface area contributed by atoms with Crippen molar-refractivity contribution in [1.29, 1.82) is 0 Å². The maximum absolute atomic E-state index is 12.3. The molecule has 0 saturated heterocycles. The molecule has 0 aliphatic heterocycles. The number of Topliss-reactive ketones (excluding diaryl/α,β-unsaturated/α-hetero) is 1. The van der Waals surface area contributed by atoms with Crippen LogP contribution in [0.2, 0.25) is 0 Å². The Balaban J connectivity index is 2.32. The largest absolute Gasteiger partial charge is 0.293 e. The molecule has 5 heteroatoms. The van der Waals surface area contributed by atoms with E-state index in [0.29, 0.717) is 5.56 Å². The molecule has 1 aliphatic rings. The average Bonchev–Trinajstić information content (AvgIpc) is 2.27. The Morgan fingerprint density at radius 2 is 1.72 bits per heavy atom. The number of hydrogen-bond acceptors (Lipinski definition) is 1. The lowest BCUT2D eigenvalue weighted by Crippen LogP contribution is -2.39. The van der Waals surface area contributed by atoms with E-state index in [1.807, 2.05) is 6.07 Å². The Labute approximate surface area is 126 Å². The Morgan fingerprint density at radius 1 is 1.11 bits per heavy atom. The summed E-state index contributed by atoms with van der Waals surface area (Å²) in [5.41, 5.74) is 0.564. The maximum atomic E-state index is 12.3. The summed E-state index contributed by atoms with van der Waals surface area (Å²) in [5, 5.41) is 0. The number of ketones is 1. The molecule has 0 spiro atoms. The third kappa shape index (κ3) is 3.03. The monoisotopic (exact) mass is 322 g/mol. The average molecular weight is 324 g/mol. The molecule has 1 aromatic carbocycles. The minimum Gasteiger partial charge on any atom is -0.293 e. The van der Waals surface area contributed by atoms with E-state index in [1.54, 1.807) is 36.4 Å². The number of rotatable bonds is 2. The highest BCUT2D eigenvalue weighted by molar-refractivity contribution is 6.54. The van der Waals surface area contributed by atoms with E-state index in [4.69, 9.17) is 46.4 Å². The van der Waals surface area contributed by atoms with Crippen LogP contribution in [0, 0.1) is 5.92 Å². The number of benzene rings is 1. The second kappa shape index (κ2) is 5.05. The molecule has 1 unspecified atom stereocenters. The van der Waals surface area contributed by atoms with Gasteiger partial charge in [-0.2, -0.15) is 0 Å². The molecular formula is C13H10Cl4O. The van der Waals surface area contributed by atoms with Gasteiger partial charge in [0, 0.05) is 12.0 Å². The summed E-state index contributed by atoms with van der Waals surface area (Å²) in [6.07, 6.45) is 3.25. The molecule has 0 radical (unpaired) electrons. The molecule has 18 heavy (non-hydrogen) atoms. The zero-order chi connectivity index (χ0) is 13.4. The Hall–Kier alpha value is -0.210. The minimum atomic E-state index is -1.30. The highest BCUT2D eigenvalue weighted by atomic mass is 35.5. The van der Waals surface area contributed by atoms with Crippen LogP contribution in [0.3, 0.4) is 0 Å². The SMILES string of the molecule is O=C(c1ccccc1)C1C=CC(Cl)(Cl)CC1(Cl)Cl. The molecule has 0 bridgehead atoms. The van der Waals surface area contributed by atoms with Gasteiger partial charge >= 0.3 is 0 Å². The number of hydrogen-bond donors (Lipinski definition) is 0. The fourth-order valence-electron chi connectivity index (χ4n) is 1.92. The molecule has 0 aromatic heterocycles. The number of carbonyl (C=O) groups is 1. The standard InChI is InChI=1S/C13H10Cl4O/c14-12(15)7-6-10(13(16,17)8-12)11(18)9-4-2-1-3-5-9/h1-7,10H,8H2. The van der Waals surface area contributed by atoms with E-state index in [-0.39, 0.29) is 12.2 Å². The van der Waals surface area contributed by atoms with Gasteiger partial charge in [0.25, 0.3) is 0 Å². The van der Waals surface area contributed by atoms with Crippen LogP contribution in [0.4, 0.5) is 0 Å². The molecule has 1 atom stereocenters. The first kappa shape index (κ1) is 14.2. The van der Waals surface area contributed by atoms with Crippen LogP contribution in [0.1, 0.15) is 16.8 Å². The van der Waals surface area contributed by atoms with E-state index < -0.39 is 14.6 Å². The van der Waals surface area contributed by atoms with Gasteiger partial charge in [-0.1, -0.05) is 65.7 Å². The van der Waals surface area contributed by atoms with Crippen LogP contribution >= 0.6 is 46.4 Å². The summed E-state index contributed by atoms with van der Waals surface area (Å²) < 4.78 is -2.43. The highest BCUT2D eigenvalue weighted by Crippen LogP contribution is 2.48. The third-order valence-electron chi connectivity index (χ3n) is 2.80. The van der Waals surface area contributed by atoms with Crippen LogP contribution in [0.15, 0.2) is 42.5 Å². The van der Waals surface area contributed by atoms with Crippen molar-refractivity contribution >= 4 is 52.2 Å². The lowest BCUT2D eigenvalue weighted by atomic mass is 9.87. The molecule has 0 fully saturated rings. The number of halogens is 4. The van der Waals surface area contributed by atoms with Crippen molar-refractivity contribution in [2.24, 2.45) is 5.92 Å². The summed E-state index contributed by atoms with van der Waals surface area (Å²) in [5.74, 6) is -0.783. The first-order valence-electron chi connectivity index (χ1n) is 5.36. The normalized spacial score (nSPS) is 24.8. The Bertz CT molecular complexity index is 479. The zero-order valence-corrected chi connectivity index (χ0v) is 12.3. The van der Waals surface area contributed by atoms with Crippen molar-refractivity contribution in [1.82, 2.24) is 0 Å². The molecule has 0 N–H and O–H groups in total. The van der Waals surface area contributed by atoms with Gasteiger partial charge in [-0.3, -0.25) is 4.79 Å². The smallest absolute Gasteiger partial charge is 0.172 e. The van der Waals surface area contributed by atoms with E-state index in [1.165, 1.54) is 0 Å². The fourth-order valence-corrected chi connectivity index (χ4v) is 3.53. The molecule has 0 saturated carbocycles. The van der Waals surface area contributed by atoms with Crippen molar-refractivity contribution < 1.29 is 4.79 Å². The van der Waals surface area contributed by atoms with Crippen molar-refractivity contribution in [2.75, 3.05) is 0 Å². The predicted octanol–water partition coefficient (Wildman–Crippen LogP) is 4.79. The lowest BCUT2D eigenvalue weighted by Gasteiger charge is -2.35. The summed E-state index contributed by atoms with van der Waals surface area (Å²) in [6, 6.07) is 8.87. The van der Waals surface area contributed by atoms with Gasteiger partial charge < -0.3 is 0 Å². The van der Waals surface area contributed by atoms with Crippen LogP contribution in [-0.4, -0.2) is 14.4 Å². The van der Waals surface area contributed by atoms with Gasteiger partial charge in [-0.15, -0.1) is 23.2 Å². The molecule has 0 heterocycles. The summed E-state index contributed by atoms with van der Waals surface area (Å²) in [7, 11) is 0. The second-order valence-electron chi connectivity index (χ2n) is 4.27. The van der Waals surface area contributed by atoms with Gasteiger partial charge in [0.1, 0.15) is 8.67 Å². The molecule has 2 rings (SSSR count). The maximum Gasteiger partial charge on any atom is 0.172 e. The molecule has 1 aromatic rings. The van der Waals surface area contributed by atoms with Crippen LogP contribution in [-0.2, 0) is 0 Å². The predicted molar refractivity (Wildman–Crippen MR) is 76.9 cm³/mol. The minimum absolute atomic E-state index is 0.103. The quantitative estimate of drug-likeness (QED) is 0.434. The van der Waals surface area contributed by atoms with E-state index in [9.17, 15) is 4.79 Å². The van der Waals surface area contributed by atoms with Crippen molar-refractivity contribution in [2.45, 2.75) is 15.1 Å². The van der Waals surface area contributed by atoms with Crippen molar-refractivity contribution in [3.63, 3.8) is 0 Å². The van der Waals surface area contributed by atoms with Gasteiger partial charge in [-0.05, 0) is 0 Å². The van der Waals surface area contributed by atoms with Crippen LogP contribution in [0.25, 0.3) is 0 Å². The highest BCUT2D eigenvalue weighted by Gasteiger charge is 2.47. The Morgan fingerprint density at radius 3 is 2.28 bits per heavy atom. The lowest BCUT2D eigenvalue weighted by molar-refractivity contribution is 0.0931. The van der Waals surface area contributed by atoms with E-state index >= 15 is 0 Å². The van der Waals surface area contributed by atoms with Gasteiger partial charge in [0.2, 0.25) is 0 Å². The molecule has 1 aliphatic carbocycles. The van der Waals surface area contributed by atoms with E-state index in [0.717, 1.165) is 0 Å². The molecule has 1 nitrogen and oxygen atoms in total. The first-order valence-corrected chi connectivity index (χ1v) is 6.87. The van der Waals surface area contributed by atoms with Crippen LogP contribution in [0.5, 0.6) is 0 Å². The second-order valence-corrected chi connectivity index (χ2v) is 7.35. The Kier molecular flexibility index (Phi) is 3.99. The number of allylic oxidation sites excluding steroid dienone is 2. The van der Waals surface area contributed by atoms with Crippen molar-refractivity contribution in [3.8, 4) is 0 Å². The van der Waals surface area contributed by atoms with Gasteiger partial charge in [0.15, 0.2) is 5.78 Å². The van der Waals surface area contributed by atoms with Gasteiger partial charge in [-0.25, -0.2) is 0 Å². The summed E-state index contributed by atoms with van der Waals surface area (Å²) in [6.45, 7) is 0. The summed E-state index contributed by atoms with van der Waals surface area (Å²) >= 11 is 24.3. The third-order valence-corrected chi connectivity index (χ3v) is 4.06. The number of alkyl halides is 4. The molecular weight excluding hydrogens is 314 g/mol. The zero-order valence-electron chi connectivity index (χ0n) is 9.25. The fraction of sp³-hybridized carbons (Fsp3) is 0.308. The van der Waals surface area contributed by atoms with Gasteiger partial charge in [0.05, 0.1) is 5.92 Å². The first-order chi connectivity index (χ1) is 8.32. The summed E-state index contributed by atoms with van der Waals surface area (Å²) in [4.78, 5) is 12.3. The molecule has 96 valence electrons. The topological polar surface area (TPSA) is 17.1 Å². The number of carbonyl (C=O) groups excluding carboxylic acids is 1. The van der Waals surface area contributed by atoms with E-state index in [2.05, 4.69) is 0 Å². The molecule has 0 amide bonds. The van der Waals surface area contributed by atoms with Crippen LogP contribution < -0.4 is 0 Å².